The number of hydrazine groups is 1. The number of fused-ring (bicyclic) bond motifs is 2. The Labute approximate surface area is 164 Å². The van der Waals surface area contributed by atoms with E-state index in [0.717, 1.165) is 11.4 Å². The quantitative estimate of drug-likeness (QED) is 0.447. The standard InChI is InChI=1S/C20H16N6O3/c1-10-11(2)22-16-9-12(7-8-15(16)21-10)18(27)24-26-20(29)17-13-5-3-4-6-14(13)19(28)25-23-17/h3-9H,1-2H3,(H,24,27)(H,25,28)(H,26,29). The van der Waals surface area contributed by atoms with Crippen LogP contribution < -0.4 is 16.4 Å². The molecule has 0 radical (unpaired) electrons. The lowest BCUT2D eigenvalue weighted by Gasteiger charge is -2.09. The smallest absolute Gasteiger partial charge is 0.267 e. The number of aromatic nitrogens is 4. The number of benzene rings is 2. The zero-order valence-corrected chi connectivity index (χ0v) is 15.6. The minimum atomic E-state index is -0.655. The van der Waals surface area contributed by atoms with Crippen LogP contribution in [0.4, 0.5) is 0 Å². The number of aromatic amines is 1. The Hall–Kier alpha value is -4.14. The summed E-state index contributed by atoms with van der Waals surface area (Å²) in [6.07, 6.45) is 0. The number of hydrogen-bond acceptors (Lipinski definition) is 6. The number of aryl methyl sites for hydroxylation is 2. The molecule has 0 fully saturated rings. The second-order valence-electron chi connectivity index (χ2n) is 6.45. The number of hydrogen-bond donors (Lipinski definition) is 3. The van der Waals surface area contributed by atoms with Crippen LogP contribution in [-0.4, -0.2) is 32.0 Å². The highest BCUT2D eigenvalue weighted by atomic mass is 16.2. The predicted molar refractivity (Wildman–Crippen MR) is 106 cm³/mol. The van der Waals surface area contributed by atoms with E-state index in [1.165, 1.54) is 0 Å². The lowest BCUT2D eigenvalue weighted by molar-refractivity contribution is 0.0844. The van der Waals surface area contributed by atoms with Crippen LogP contribution in [-0.2, 0) is 0 Å². The zero-order valence-electron chi connectivity index (χ0n) is 15.6. The average molecular weight is 388 g/mol. The molecule has 0 aliphatic carbocycles. The largest absolute Gasteiger partial charge is 0.290 e. The van der Waals surface area contributed by atoms with E-state index in [9.17, 15) is 14.4 Å². The fourth-order valence-corrected chi connectivity index (χ4v) is 2.90. The molecule has 0 spiro atoms. The summed E-state index contributed by atoms with van der Waals surface area (Å²) in [5.74, 6) is -1.17. The molecule has 0 aliphatic rings. The van der Waals surface area contributed by atoms with Gasteiger partial charge in [0.1, 0.15) is 0 Å². The topological polar surface area (TPSA) is 130 Å². The molecular formula is C20H16N6O3. The van der Waals surface area contributed by atoms with Gasteiger partial charge in [-0.15, -0.1) is 0 Å². The van der Waals surface area contributed by atoms with Crippen molar-refractivity contribution < 1.29 is 9.59 Å². The SMILES string of the molecule is Cc1nc2ccc(C(=O)NNC(=O)c3n[nH]c(=O)c4ccccc34)cc2nc1C. The van der Waals surface area contributed by atoms with Crippen LogP contribution in [0.5, 0.6) is 0 Å². The van der Waals surface area contributed by atoms with Crippen LogP contribution in [0.2, 0.25) is 0 Å². The van der Waals surface area contributed by atoms with Gasteiger partial charge in [0.05, 0.1) is 27.8 Å². The zero-order chi connectivity index (χ0) is 20.5. The second kappa shape index (κ2) is 7.12. The molecule has 29 heavy (non-hydrogen) atoms. The van der Waals surface area contributed by atoms with Crippen molar-refractivity contribution in [3.8, 4) is 0 Å². The maximum Gasteiger partial charge on any atom is 0.290 e. The van der Waals surface area contributed by atoms with E-state index in [1.807, 2.05) is 13.8 Å². The third-order valence-corrected chi connectivity index (χ3v) is 4.54. The van der Waals surface area contributed by atoms with Crippen LogP contribution in [0.1, 0.15) is 32.2 Å². The molecule has 0 atom stereocenters. The number of carbonyl (C=O) groups excluding carboxylic acids is 2. The van der Waals surface area contributed by atoms with Crippen molar-refractivity contribution in [3.63, 3.8) is 0 Å². The minimum Gasteiger partial charge on any atom is -0.267 e. The summed E-state index contributed by atoms with van der Waals surface area (Å²) in [4.78, 5) is 45.6. The van der Waals surface area contributed by atoms with Crippen LogP contribution in [0.25, 0.3) is 21.8 Å². The minimum absolute atomic E-state index is 0.00372. The van der Waals surface area contributed by atoms with Crippen molar-refractivity contribution in [3.05, 3.63) is 75.5 Å². The highest BCUT2D eigenvalue weighted by molar-refractivity contribution is 6.06. The monoisotopic (exact) mass is 388 g/mol. The van der Waals surface area contributed by atoms with Gasteiger partial charge < -0.3 is 0 Å². The van der Waals surface area contributed by atoms with Crippen molar-refractivity contribution >= 4 is 33.6 Å². The van der Waals surface area contributed by atoms with Crippen molar-refractivity contribution in [1.82, 2.24) is 31.0 Å². The van der Waals surface area contributed by atoms with E-state index in [-0.39, 0.29) is 5.69 Å². The summed E-state index contributed by atoms with van der Waals surface area (Å²) in [6.45, 7) is 3.71. The van der Waals surface area contributed by atoms with E-state index in [1.54, 1.807) is 42.5 Å². The Morgan fingerprint density at radius 2 is 1.52 bits per heavy atom. The molecule has 4 aromatic rings. The molecular weight excluding hydrogens is 372 g/mol. The van der Waals surface area contributed by atoms with Crippen molar-refractivity contribution in [2.75, 3.05) is 0 Å². The second-order valence-corrected chi connectivity index (χ2v) is 6.45. The van der Waals surface area contributed by atoms with Gasteiger partial charge in [0, 0.05) is 10.9 Å². The maximum atomic E-state index is 12.5. The molecule has 9 heteroatoms. The van der Waals surface area contributed by atoms with Gasteiger partial charge in [-0.3, -0.25) is 25.2 Å². The number of nitrogens with zero attached hydrogens (tertiary/aromatic N) is 3. The first-order valence-electron chi connectivity index (χ1n) is 8.77. The number of nitrogens with one attached hydrogen (secondary N) is 3. The molecule has 0 saturated carbocycles. The van der Waals surface area contributed by atoms with E-state index < -0.39 is 17.4 Å². The molecule has 144 valence electrons. The third kappa shape index (κ3) is 3.41. The summed E-state index contributed by atoms with van der Waals surface area (Å²) in [5, 5.41) is 6.79. The molecule has 2 aromatic heterocycles. The van der Waals surface area contributed by atoms with E-state index in [2.05, 4.69) is 31.0 Å². The van der Waals surface area contributed by atoms with E-state index >= 15 is 0 Å². The van der Waals surface area contributed by atoms with Gasteiger partial charge in [0.25, 0.3) is 17.4 Å². The molecule has 4 rings (SSSR count). The molecule has 9 nitrogen and oxygen atoms in total. The number of amides is 2. The van der Waals surface area contributed by atoms with E-state index in [0.29, 0.717) is 27.4 Å². The lowest BCUT2D eigenvalue weighted by Crippen LogP contribution is -2.42. The first-order valence-corrected chi connectivity index (χ1v) is 8.77. The summed E-state index contributed by atoms with van der Waals surface area (Å²) in [5.41, 5.74) is 7.44. The van der Waals surface area contributed by atoms with Gasteiger partial charge in [-0.2, -0.15) is 5.10 Å². The maximum absolute atomic E-state index is 12.5. The molecule has 0 bridgehead atoms. The predicted octanol–water partition coefficient (Wildman–Crippen LogP) is 1.56. The fraction of sp³-hybridized carbons (Fsp3) is 0.100. The lowest BCUT2D eigenvalue weighted by atomic mass is 10.1. The van der Waals surface area contributed by atoms with Crippen LogP contribution in [0.3, 0.4) is 0 Å². The van der Waals surface area contributed by atoms with Gasteiger partial charge in [-0.25, -0.2) is 15.1 Å². The van der Waals surface area contributed by atoms with Crippen molar-refractivity contribution in [1.29, 1.82) is 0 Å². The number of carbonyl (C=O) groups is 2. The Kier molecular flexibility index (Phi) is 4.47. The van der Waals surface area contributed by atoms with Crippen LogP contribution in [0.15, 0.2) is 47.3 Å². The number of H-pyrrole nitrogens is 1. The molecule has 2 amide bonds. The van der Waals surface area contributed by atoms with Gasteiger partial charge in [0.2, 0.25) is 0 Å². The van der Waals surface area contributed by atoms with Crippen LogP contribution >= 0.6 is 0 Å². The summed E-state index contributed by atoms with van der Waals surface area (Å²) in [6, 6.07) is 11.5. The highest BCUT2D eigenvalue weighted by Gasteiger charge is 2.15. The van der Waals surface area contributed by atoms with Crippen molar-refractivity contribution in [2.45, 2.75) is 13.8 Å². The Bertz CT molecular complexity index is 1350. The van der Waals surface area contributed by atoms with E-state index in [4.69, 9.17) is 0 Å². The third-order valence-electron chi connectivity index (χ3n) is 4.54. The molecule has 2 aromatic carbocycles. The summed E-state index contributed by atoms with van der Waals surface area (Å²) >= 11 is 0. The fourth-order valence-electron chi connectivity index (χ4n) is 2.90. The summed E-state index contributed by atoms with van der Waals surface area (Å²) in [7, 11) is 0. The average Bonchev–Trinajstić information content (AvgIpc) is 2.73. The van der Waals surface area contributed by atoms with Gasteiger partial charge in [-0.05, 0) is 38.1 Å². The molecule has 0 aliphatic heterocycles. The highest BCUT2D eigenvalue weighted by Crippen LogP contribution is 2.15. The molecule has 0 saturated heterocycles. The van der Waals surface area contributed by atoms with Gasteiger partial charge in [0.15, 0.2) is 5.69 Å². The number of rotatable bonds is 2. The first kappa shape index (κ1) is 18.2. The summed E-state index contributed by atoms with van der Waals surface area (Å²) < 4.78 is 0. The molecule has 3 N–H and O–H groups in total. The van der Waals surface area contributed by atoms with Crippen LogP contribution in [0, 0.1) is 13.8 Å². The Morgan fingerprint density at radius 1 is 0.862 bits per heavy atom. The van der Waals surface area contributed by atoms with Gasteiger partial charge >= 0.3 is 0 Å². The normalized spacial score (nSPS) is 10.8. The van der Waals surface area contributed by atoms with Crippen molar-refractivity contribution in [2.24, 2.45) is 0 Å². The Balaban J connectivity index is 1.55. The molecule has 0 unspecified atom stereocenters. The first-order chi connectivity index (χ1) is 13.9. The Morgan fingerprint density at radius 3 is 2.28 bits per heavy atom. The molecule has 2 heterocycles. The van der Waals surface area contributed by atoms with Gasteiger partial charge in [-0.1, -0.05) is 18.2 Å².